The van der Waals surface area contributed by atoms with E-state index in [0.717, 1.165) is 0 Å². The molecule has 7 heteroatoms. The largest absolute Gasteiger partial charge is 0.478 e. The Kier molecular flexibility index (Phi) is 36.4. The number of rotatable bonds is 17. The van der Waals surface area contributed by atoms with Crippen molar-refractivity contribution < 1.29 is 29.7 Å². The van der Waals surface area contributed by atoms with Gasteiger partial charge in [0.15, 0.2) is 0 Å². The smallest absolute Gasteiger partial charge is 0.330 e. The summed E-state index contributed by atoms with van der Waals surface area (Å²) in [4.78, 5) is 28.8. The molecule has 0 rings (SSSR count). The van der Waals surface area contributed by atoms with Crippen LogP contribution in [0.2, 0.25) is 6.04 Å². The van der Waals surface area contributed by atoms with Crippen molar-refractivity contribution >= 4 is 28.2 Å². The van der Waals surface area contributed by atoms with E-state index in [9.17, 15) is 14.4 Å². The zero-order valence-corrected chi connectivity index (χ0v) is 25.3. The first-order chi connectivity index (χ1) is 16.3. The fraction of sp³-hybridized carbons (Fsp3) is 0.679. The van der Waals surface area contributed by atoms with E-state index in [-0.39, 0.29) is 16.7 Å². The molecule has 0 saturated heterocycles. The summed E-state index contributed by atoms with van der Waals surface area (Å²) in [6.07, 6.45) is 20.7. The molecule has 0 unspecified atom stereocenters. The Morgan fingerprint density at radius 3 is 0.829 bits per heavy atom. The van der Waals surface area contributed by atoms with E-state index in [0.29, 0.717) is 0 Å². The van der Waals surface area contributed by atoms with Gasteiger partial charge in [-0.05, 0) is 20.8 Å². The predicted octanol–water partition coefficient (Wildman–Crippen LogP) is 7.19. The second-order valence-corrected chi connectivity index (χ2v) is 9.85. The molecule has 0 radical (unpaired) electrons. The molecule has 0 aromatic rings. The highest BCUT2D eigenvalue weighted by Gasteiger charge is 1.94. The van der Waals surface area contributed by atoms with Crippen LogP contribution in [-0.2, 0) is 14.4 Å². The van der Waals surface area contributed by atoms with E-state index in [1.165, 1.54) is 127 Å². The average Bonchev–Trinajstić information content (AvgIpc) is 2.78. The van der Waals surface area contributed by atoms with E-state index in [1.807, 2.05) is 0 Å². The summed E-state index contributed by atoms with van der Waals surface area (Å²) in [7, 11) is 1.41. The Hall–Kier alpha value is -2.15. The Labute approximate surface area is 218 Å². The molecule has 0 fully saturated rings. The SMILES string of the molecule is C=C(C)C(=O)O.C=C(C)C(=O)O.C=C(C)C(=O)O.CCCCCCCCCCCCCCCC[SiH3]. The lowest BCUT2D eigenvalue weighted by atomic mass is 10.0. The summed E-state index contributed by atoms with van der Waals surface area (Å²) in [5.74, 6) is -2.81. The van der Waals surface area contributed by atoms with Crippen LogP contribution in [0.5, 0.6) is 0 Å². The lowest BCUT2D eigenvalue weighted by molar-refractivity contribution is -0.133. The van der Waals surface area contributed by atoms with Gasteiger partial charge in [0, 0.05) is 27.0 Å². The number of aliphatic carboxylic acids is 3. The van der Waals surface area contributed by atoms with Gasteiger partial charge in [-0.2, -0.15) is 0 Å². The third-order valence-electron chi connectivity index (χ3n) is 4.80. The van der Waals surface area contributed by atoms with E-state index in [2.05, 4.69) is 26.7 Å². The van der Waals surface area contributed by atoms with Gasteiger partial charge in [-0.1, -0.05) is 123 Å². The van der Waals surface area contributed by atoms with Crippen molar-refractivity contribution in [1.82, 2.24) is 0 Å². The molecule has 0 amide bonds. The molecule has 206 valence electrons. The molecule has 35 heavy (non-hydrogen) atoms. The molecule has 0 atom stereocenters. The van der Waals surface area contributed by atoms with Crippen molar-refractivity contribution in [2.45, 2.75) is 124 Å². The molecule has 3 N–H and O–H groups in total. The summed E-state index contributed by atoms with van der Waals surface area (Å²) in [5, 5.41) is 23.7. The first-order valence-electron chi connectivity index (χ1n) is 13.0. The lowest BCUT2D eigenvalue weighted by Gasteiger charge is -2.02. The number of carboxylic acids is 3. The lowest BCUT2D eigenvalue weighted by Crippen LogP contribution is -1.92. The minimum Gasteiger partial charge on any atom is -0.478 e. The molecule has 0 spiro atoms. The zero-order valence-electron chi connectivity index (χ0n) is 23.3. The van der Waals surface area contributed by atoms with Crippen LogP contribution in [0.15, 0.2) is 36.5 Å². The minimum absolute atomic E-state index is 0.176. The highest BCUT2D eigenvalue weighted by Crippen LogP contribution is 2.13. The first-order valence-corrected chi connectivity index (χ1v) is 14.4. The summed E-state index contributed by atoms with van der Waals surface area (Å²) in [6, 6.07) is 1.51. The molecule has 0 aliphatic heterocycles. The van der Waals surface area contributed by atoms with E-state index < -0.39 is 17.9 Å². The highest BCUT2D eigenvalue weighted by molar-refractivity contribution is 6.08. The van der Waals surface area contributed by atoms with Crippen LogP contribution in [0.3, 0.4) is 0 Å². The van der Waals surface area contributed by atoms with Crippen molar-refractivity contribution in [1.29, 1.82) is 0 Å². The molecule has 6 nitrogen and oxygen atoms in total. The van der Waals surface area contributed by atoms with Crippen LogP contribution in [0.4, 0.5) is 0 Å². The van der Waals surface area contributed by atoms with Crippen LogP contribution in [0.1, 0.15) is 118 Å². The molecule has 0 saturated carbocycles. The van der Waals surface area contributed by atoms with E-state index in [4.69, 9.17) is 15.3 Å². The molecule has 0 aliphatic carbocycles. The molecular formula is C28H54O6Si. The number of carboxylic acid groups (broad SMARTS) is 3. The molecule has 0 bridgehead atoms. The Morgan fingerprint density at radius 1 is 0.514 bits per heavy atom. The summed E-state index contributed by atoms with van der Waals surface area (Å²) < 4.78 is 0. The third kappa shape index (κ3) is 49.9. The summed E-state index contributed by atoms with van der Waals surface area (Å²) in [5.41, 5.74) is 0.528. The topological polar surface area (TPSA) is 112 Å². The van der Waals surface area contributed by atoms with Crippen LogP contribution in [0, 0.1) is 0 Å². The first kappa shape index (κ1) is 40.0. The van der Waals surface area contributed by atoms with Crippen molar-refractivity contribution in [3.8, 4) is 0 Å². The maximum absolute atomic E-state index is 9.60. The van der Waals surface area contributed by atoms with Crippen molar-refractivity contribution in [3.05, 3.63) is 36.5 Å². The fourth-order valence-corrected chi connectivity index (χ4v) is 2.94. The maximum Gasteiger partial charge on any atom is 0.330 e. The van der Waals surface area contributed by atoms with Gasteiger partial charge in [-0.25, -0.2) is 14.4 Å². The number of unbranched alkanes of at least 4 members (excludes halogenated alkanes) is 13. The van der Waals surface area contributed by atoms with Gasteiger partial charge in [0.05, 0.1) is 0 Å². The van der Waals surface area contributed by atoms with E-state index in [1.54, 1.807) is 0 Å². The van der Waals surface area contributed by atoms with Gasteiger partial charge in [-0.15, -0.1) is 0 Å². The Bertz CT molecular complexity index is 477. The molecule has 0 aromatic carbocycles. The molecule has 0 heterocycles. The van der Waals surface area contributed by atoms with E-state index >= 15 is 0 Å². The third-order valence-corrected chi connectivity index (χ3v) is 5.51. The molecule has 0 aliphatic rings. The summed E-state index contributed by atoms with van der Waals surface area (Å²) in [6.45, 7) is 16.1. The van der Waals surface area contributed by atoms with Crippen LogP contribution in [-0.4, -0.2) is 43.5 Å². The van der Waals surface area contributed by atoms with Crippen LogP contribution >= 0.6 is 0 Å². The van der Waals surface area contributed by atoms with Gasteiger partial charge in [-0.3, -0.25) is 0 Å². The van der Waals surface area contributed by atoms with Gasteiger partial charge in [0.25, 0.3) is 0 Å². The summed E-state index contributed by atoms with van der Waals surface area (Å²) >= 11 is 0. The average molecular weight is 515 g/mol. The number of hydrogen-bond acceptors (Lipinski definition) is 3. The van der Waals surface area contributed by atoms with Crippen molar-refractivity contribution in [2.75, 3.05) is 0 Å². The quantitative estimate of drug-likeness (QED) is 0.108. The number of carbonyl (C=O) groups is 3. The minimum atomic E-state index is -0.935. The Balaban J connectivity index is -0.000000218. The second kappa shape index (κ2) is 31.8. The van der Waals surface area contributed by atoms with Crippen LogP contribution in [0.25, 0.3) is 0 Å². The van der Waals surface area contributed by atoms with Crippen LogP contribution < -0.4 is 0 Å². The number of hydrogen-bond donors (Lipinski definition) is 3. The maximum atomic E-state index is 9.60. The second-order valence-electron chi connectivity index (χ2n) is 8.85. The van der Waals surface area contributed by atoms with Gasteiger partial charge < -0.3 is 15.3 Å². The predicted molar refractivity (Wildman–Crippen MR) is 152 cm³/mol. The standard InChI is InChI=1S/C16H36Si.3C4H6O2/c1-2-3-4-5-6-7-8-9-10-11-12-13-14-15-16-17;3*1-3(2)4(5)6/h2-16H2,1,17H3;3*1H2,2H3,(H,5,6). The van der Waals surface area contributed by atoms with Crippen molar-refractivity contribution in [2.24, 2.45) is 0 Å². The zero-order chi connectivity index (χ0) is 28.1. The van der Waals surface area contributed by atoms with Gasteiger partial charge in [0.1, 0.15) is 0 Å². The Morgan fingerprint density at radius 2 is 0.686 bits per heavy atom. The van der Waals surface area contributed by atoms with Crippen molar-refractivity contribution in [3.63, 3.8) is 0 Å². The van der Waals surface area contributed by atoms with Gasteiger partial charge in [0.2, 0.25) is 0 Å². The molecular weight excluding hydrogens is 460 g/mol. The van der Waals surface area contributed by atoms with Gasteiger partial charge >= 0.3 is 17.9 Å². The normalized spacial score (nSPS) is 9.26. The molecule has 0 aromatic heterocycles. The highest BCUT2D eigenvalue weighted by atomic mass is 28.1. The monoisotopic (exact) mass is 514 g/mol. The fourth-order valence-electron chi connectivity index (χ4n) is 2.44.